The van der Waals surface area contributed by atoms with E-state index in [4.69, 9.17) is 0 Å². The van der Waals surface area contributed by atoms with Gasteiger partial charge in [-0.3, -0.25) is 0 Å². The van der Waals surface area contributed by atoms with Crippen LogP contribution < -0.4 is 10.6 Å². The number of halogens is 1. The Labute approximate surface area is 118 Å². The summed E-state index contributed by atoms with van der Waals surface area (Å²) in [5.41, 5.74) is 3.96. The van der Waals surface area contributed by atoms with Crippen LogP contribution in [0.2, 0.25) is 0 Å². The van der Waals surface area contributed by atoms with Crippen LogP contribution in [0, 0.1) is 13.8 Å². The number of nitrogens with zero attached hydrogens (tertiary/aromatic N) is 2. The van der Waals surface area contributed by atoms with Crippen LogP contribution in [0.5, 0.6) is 0 Å². The molecule has 0 radical (unpaired) electrons. The molecule has 1 aromatic rings. The van der Waals surface area contributed by atoms with Crippen LogP contribution in [0.3, 0.4) is 0 Å². The number of benzene rings is 1. The lowest BCUT2D eigenvalue weighted by molar-refractivity contribution is 0.942. The van der Waals surface area contributed by atoms with Crippen LogP contribution in [-0.2, 0) is 0 Å². The zero-order valence-corrected chi connectivity index (χ0v) is 11.9. The minimum Gasteiger partial charge on any atom is -0.354 e. The van der Waals surface area contributed by atoms with Gasteiger partial charge in [-0.2, -0.15) is 4.99 Å². The Hall–Kier alpha value is -1.42. The van der Waals surface area contributed by atoms with Gasteiger partial charge >= 0.3 is 0 Å². The largest absolute Gasteiger partial charge is 0.354 e. The van der Waals surface area contributed by atoms with Crippen LogP contribution >= 0.6 is 24.6 Å². The number of hydrogen-bond acceptors (Lipinski definition) is 3. The van der Waals surface area contributed by atoms with E-state index in [1.54, 1.807) is 0 Å². The Morgan fingerprint density at radius 3 is 2.22 bits per heavy atom. The second-order valence-corrected chi connectivity index (χ2v) is 4.13. The number of thiocarbonyl (C=S) groups is 1. The van der Waals surface area contributed by atoms with Gasteiger partial charge in [-0.05, 0) is 49.3 Å². The predicted octanol–water partition coefficient (Wildman–Crippen LogP) is 2.64. The first-order chi connectivity index (χ1) is 8.20. The summed E-state index contributed by atoms with van der Waals surface area (Å²) in [4.78, 5) is 8.55. The molecule has 1 fully saturated rings. The van der Waals surface area contributed by atoms with Crippen LogP contribution in [0.25, 0.3) is 0 Å². The van der Waals surface area contributed by atoms with Gasteiger partial charge in [0.15, 0.2) is 5.96 Å². The summed E-state index contributed by atoms with van der Waals surface area (Å²) in [6, 6.07) is 3.92. The van der Waals surface area contributed by atoms with Crippen molar-refractivity contribution in [1.29, 1.82) is 0 Å². The van der Waals surface area contributed by atoms with Crippen LogP contribution in [0.15, 0.2) is 22.1 Å². The summed E-state index contributed by atoms with van der Waals surface area (Å²) < 4.78 is 0. The predicted molar refractivity (Wildman–Crippen MR) is 81.0 cm³/mol. The number of guanidine groups is 1. The third kappa shape index (κ3) is 3.29. The summed E-state index contributed by atoms with van der Waals surface area (Å²) in [7, 11) is 0. The molecule has 0 bridgehead atoms. The molecule has 0 spiro atoms. The van der Waals surface area contributed by atoms with Crippen molar-refractivity contribution in [3.8, 4) is 0 Å². The van der Waals surface area contributed by atoms with Crippen molar-refractivity contribution in [2.24, 2.45) is 9.98 Å². The number of aliphatic imine (C=N–C) groups is 2. The molecule has 1 aliphatic rings. The summed E-state index contributed by atoms with van der Waals surface area (Å²) in [6.07, 6.45) is 0. The summed E-state index contributed by atoms with van der Waals surface area (Å²) in [5, 5.41) is 8.75. The quantitative estimate of drug-likeness (QED) is 0.648. The van der Waals surface area contributed by atoms with Crippen LogP contribution in [0.4, 0.5) is 11.4 Å². The topological polar surface area (TPSA) is 48.8 Å². The molecule has 0 atom stereocenters. The molecule has 0 unspecified atom stereocenters. The number of isothiocyanates is 1. The smallest absolute Gasteiger partial charge is 0.196 e. The van der Waals surface area contributed by atoms with E-state index in [-0.39, 0.29) is 12.4 Å². The number of nitrogens with one attached hydrogen (secondary N) is 2. The minimum absolute atomic E-state index is 0. The van der Waals surface area contributed by atoms with Gasteiger partial charge in [-0.15, -0.1) is 12.4 Å². The molecule has 18 heavy (non-hydrogen) atoms. The molecule has 4 nitrogen and oxygen atoms in total. The van der Waals surface area contributed by atoms with Crippen molar-refractivity contribution in [2.75, 3.05) is 13.1 Å². The molecule has 6 heteroatoms. The number of hydrogen-bond donors (Lipinski definition) is 2. The average Bonchev–Trinajstić information content (AvgIpc) is 2.76. The van der Waals surface area contributed by atoms with Crippen molar-refractivity contribution in [3.05, 3.63) is 23.3 Å². The van der Waals surface area contributed by atoms with E-state index in [0.29, 0.717) is 0 Å². The highest BCUT2D eigenvalue weighted by atomic mass is 35.5. The maximum atomic E-state index is 4.60. The highest BCUT2D eigenvalue weighted by Crippen LogP contribution is 2.28. The molecule has 1 heterocycles. The van der Waals surface area contributed by atoms with Crippen LogP contribution in [-0.4, -0.2) is 24.2 Å². The fourth-order valence-corrected chi connectivity index (χ4v) is 1.95. The first-order valence-corrected chi connectivity index (χ1v) is 5.87. The van der Waals surface area contributed by atoms with Crippen molar-refractivity contribution in [3.63, 3.8) is 0 Å². The third-order valence-electron chi connectivity index (χ3n) is 2.58. The van der Waals surface area contributed by atoms with E-state index < -0.39 is 0 Å². The molecular formula is C12H15ClN4S. The SMILES string of the molecule is Cc1cc(N=C=S)cc(C)c1N=C1NCCN1.Cl. The van der Waals surface area contributed by atoms with Gasteiger partial charge in [0.2, 0.25) is 0 Å². The lowest BCUT2D eigenvalue weighted by atomic mass is 10.1. The molecule has 0 aliphatic carbocycles. The molecule has 0 amide bonds. The number of aryl methyl sites for hydroxylation is 2. The normalized spacial score (nSPS) is 12.9. The summed E-state index contributed by atoms with van der Waals surface area (Å²) in [5.74, 6) is 0.835. The Morgan fingerprint density at radius 1 is 1.17 bits per heavy atom. The van der Waals surface area contributed by atoms with Gasteiger partial charge in [0.1, 0.15) is 0 Å². The molecule has 2 rings (SSSR count). The highest BCUT2D eigenvalue weighted by molar-refractivity contribution is 7.78. The maximum Gasteiger partial charge on any atom is 0.196 e. The molecular weight excluding hydrogens is 268 g/mol. The minimum atomic E-state index is 0. The van der Waals surface area contributed by atoms with Crippen molar-refractivity contribution >= 4 is 47.1 Å². The van der Waals surface area contributed by atoms with Gasteiger partial charge in [-0.25, -0.2) is 4.99 Å². The Bertz CT molecular complexity index is 490. The number of rotatable bonds is 2. The fourth-order valence-electron chi connectivity index (χ4n) is 1.84. The molecule has 0 saturated carbocycles. The van der Waals surface area contributed by atoms with E-state index in [2.05, 4.69) is 38.0 Å². The average molecular weight is 283 g/mol. The van der Waals surface area contributed by atoms with E-state index in [9.17, 15) is 0 Å². The Kier molecular flexibility index (Phi) is 5.28. The van der Waals surface area contributed by atoms with E-state index in [0.717, 1.165) is 41.6 Å². The van der Waals surface area contributed by atoms with Crippen molar-refractivity contribution in [1.82, 2.24) is 10.6 Å². The maximum absolute atomic E-state index is 4.60. The van der Waals surface area contributed by atoms with Crippen molar-refractivity contribution < 1.29 is 0 Å². The second-order valence-electron chi connectivity index (χ2n) is 3.95. The molecule has 2 N–H and O–H groups in total. The first kappa shape index (κ1) is 14.6. The van der Waals surface area contributed by atoms with Gasteiger partial charge in [0.05, 0.1) is 16.5 Å². The molecule has 96 valence electrons. The second kappa shape index (κ2) is 6.50. The lowest BCUT2D eigenvalue weighted by Gasteiger charge is -2.07. The molecule has 1 saturated heterocycles. The standard InChI is InChI=1S/C12H14N4S.ClH/c1-8-5-10(15-7-17)6-9(2)11(8)16-12-13-3-4-14-12;/h5-6H,3-4H2,1-2H3,(H2,13,14,16);1H. The van der Waals surface area contributed by atoms with Gasteiger partial charge in [-0.1, -0.05) is 0 Å². The molecule has 1 aromatic carbocycles. The summed E-state index contributed by atoms with van der Waals surface area (Å²) >= 11 is 4.60. The monoisotopic (exact) mass is 282 g/mol. The zero-order chi connectivity index (χ0) is 12.3. The van der Waals surface area contributed by atoms with E-state index in [1.807, 2.05) is 26.0 Å². The van der Waals surface area contributed by atoms with Crippen molar-refractivity contribution in [2.45, 2.75) is 13.8 Å². The highest BCUT2D eigenvalue weighted by Gasteiger charge is 2.08. The first-order valence-electron chi connectivity index (χ1n) is 5.46. The lowest BCUT2D eigenvalue weighted by Crippen LogP contribution is -2.23. The summed E-state index contributed by atoms with van der Waals surface area (Å²) in [6.45, 7) is 5.88. The van der Waals surface area contributed by atoms with Gasteiger partial charge in [0.25, 0.3) is 0 Å². The zero-order valence-electron chi connectivity index (χ0n) is 10.3. The fraction of sp³-hybridized carbons (Fsp3) is 0.333. The molecule has 0 aromatic heterocycles. The van der Waals surface area contributed by atoms with Crippen LogP contribution in [0.1, 0.15) is 11.1 Å². The van der Waals surface area contributed by atoms with Gasteiger partial charge < -0.3 is 10.6 Å². The third-order valence-corrected chi connectivity index (χ3v) is 2.68. The Balaban J connectivity index is 0.00000162. The van der Waals surface area contributed by atoms with E-state index in [1.165, 1.54) is 0 Å². The Morgan fingerprint density at radius 2 is 1.72 bits per heavy atom. The van der Waals surface area contributed by atoms with E-state index >= 15 is 0 Å². The molecule has 1 aliphatic heterocycles. The van der Waals surface area contributed by atoms with Gasteiger partial charge in [0, 0.05) is 13.1 Å².